The van der Waals surface area contributed by atoms with Crippen LogP contribution in [0.1, 0.15) is 22.2 Å². The molecule has 2 rings (SSSR count). The summed E-state index contributed by atoms with van der Waals surface area (Å²) >= 11 is 7.48. The number of nitrogens with zero attached hydrogens (tertiary/aromatic N) is 1. The highest BCUT2D eigenvalue weighted by atomic mass is 35.5. The summed E-state index contributed by atoms with van der Waals surface area (Å²) in [6.45, 7) is 5.30. The summed E-state index contributed by atoms with van der Waals surface area (Å²) in [5.41, 5.74) is 0.955. The molecule has 2 aromatic rings. The highest BCUT2D eigenvalue weighted by Crippen LogP contribution is 2.18. The van der Waals surface area contributed by atoms with Gasteiger partial charge in [-0.3, -0.25) is 0 Å². The standard InChI is InChI=1S/C11H13ClN2OS/c1-7-8(2)15-11(14-7)5-13-4-10-3-9(12)6-16-10/h3,6,13H,4-5H2,1-2H3. The number of hydrogen-bond acceptors (Lipinski definition) is 4. The number of aryl methyl sites for hydroxylation is 2. The molecule has 0 radical (unpaired) electrons. The third-order valence-electron chi connectivity index (χ3n) is 2.27. The lowest BCUT2D eigenvalue weighted by Crippen LogP contribution is -2.11. The Morgan fingerprint density at radius 2 is 2.25 bits per heavy atom. The lowest BCUT2D eigenvalue weighted by molar-refractivity contribution is 0.449. The van der Waals surface area contributed by atoms with E-state index in [1.165, 1.54) is 4.88 Å². The maximum atomic E-state index is 5.83. The predicted octanol–water partition coefficient (Wildman–Crippen LogP) is 3.30. The third-order valence-corrected chi connectivity index (χ3v) is 3.55. The fraction of sp³-hybridized carbons (Fsp3) is 0.364. The molecule has 0 aromatic carbocycles. The third kappa shape index (κ3) is 2.84. The zero-order valence-corrected chi connectivity index (χ0v) is 10.8. The van der Waals surface area contributed by atoms with Gasteiger partial charge >= 0.3 is 0 Å². The maximum absolute atomic E-state index is 5.83. The van der Waals surface area contributed by atoms with Gasteiger partial charge in [-0.25, -0.2) is 4.98 Å². The quantitative estimate of drug-likeness (QED) is 0.912. The van der Waals surface area contributed by atoms with Crippen molar-refractivity contribution < 1.29 is 4.42 Å². The number of hydrogen-bond donors (Lipinski definition) is 1. The van der Waals surface area contributed by atoms with Crippen molar-refractivity contribution in [3.63, 3.8) is 0 Å². The molecule has 0 aliphatic carbocycles. The van der Waals surface area contributed by atoms with Gasteiger partial charge in [0.1, 0.15) is 5.76 Å². The van der Waals surface area contributed by atoms with Gasteiger partial charge in [0, 0.05) is 16.8 Å². The van der Waals surface area contributed by atoms with Crippen LogP contribution in [0, 0.1) is 13.8 Å². The Balaban J connectivity index is 1.84. The first-order valence-electron chi connectivity index (χ1n) is 5.01. The van der Waals surface area contributed by atoms with Crippen molar-refractivity contribution in [1.82, 2.24) is 10.3 Å². The molecule has 0 bridgehead atoms. The predicted molar refractivity (Wildman–Crippen MR) is 65.8 cm³/mol. The molecular formula is C11H13ClN2OS. The second kappa shape index (κ2) is 4.99. The van der Waals surface area contributed by atoms with E-state index >= 15 is 0 Å². The van der Waals surface area contributed by atoms with E-state index in [0.29, 0.717) is 6.54 Å². The van der Waals surface area contributed by atoms with Crippen molar-refractivity contribution in [2.75, 3.05) is 0 Å². The first-order valence-corrected chi connectivity index (χ1v) is 6.27. The van der Waals surface area contributed by atoms with E-state index in [4.69, 9.17) is 16.0 Å². The summed E-state index contributed by atoms with van der Waals surface area (Å²) in [6.07, 6.45) is 0. The van der Waals surface area contributed by atoms with Gasteiger partial charge in [0.2, 0.25) is 5.89 Å². The summed E-state index contributed by atoms with van der Waals surface area (Å²) in [5.74, 6) is 1.62. The number of oxazole rings is 1. The molecule has 3 nitrogen and oxygen atoms in total. The second-order valence-electron chi connectivity index (χ2n) is 3.58. The van der Waals surface area contributed by atoms with Crippen LogP contribution in [0.2, 0.25) is 5.02 Å². The average molecular weight is 257 g/mol. The van der Waals surface area contributed by atoms with E-state index in [1.807, 2.05) is 25.3 Å². The van der Waals surface area contributed by atoms with Crippen molar-refractivity contribution in [1.29, 1.82) is 0 Å². The average Bonchev–Trinajstić information content (AvgIpc) is 2.75. The van der Waals surface area contributed by atoms with Gasteiger partial charge in [0.25, 0.3) is 0 Å². The van der Waals surface area contributed by atoms with Crippen molar-refractivity contribution in [2.45, 2.75) is 26.9 Å². The summed E-state index contributed by atoms with van der Waals surface area (Å²) in [5, 5.41) is 5.99. The number of thiophene rings is 1. The first kappa shape index (κ1) is 11.6. The van der Waals surface area contributed by atoms with Crippen LogP contribution in [-0.2, 0) is 13.1 Å². The van der Waals surface area contributed by atoms with Crippen molar-refractivity contribution in [3.05, 3.63) is 38.7 Å². The molecule has 0 fully saturated rings. The Bertz CT molecular complexity index is 459. The van der Waals surface area contributed by atoms with Gasteiger partial charge in [0.15, 0.2) is 0 Å². The summed E-state index contributed by atoms with van der Waals surface area (Å²) in [7, 11) is 0. The maximum Gasteiger partial charge on any atom is 0.208 e. The Labute approximate surface area is 103 Å². The minimum absolute atomic E-state index is 0.643. The summed E-state index contributed by atoms with van der Waals surface area (Å²) < 4.78 is 5.46. The molecule has 0 aliphatic rings. The van der Waals surface area contributed by atoms with Crippen LogP contribution < -0.4 is 5.32 Å². The lowest BCUT2D eigenvalue weighted by Gasteiger charge is -1.98. The molecule has 0 saturated carbocycles. The van der Waals surface area contributed by atoms with Crippen LogP contribution in [0.25, 0.3) is 0 Å². The molecule has 0 atom stereocenters. The molecule has 2 aromatic heterocycles. The van der Waals surface area contributed by atoms with Crippen molar-refractivity contribution in [2.24, 2.45) is 0 Å². The molecule has 0 saturated heterocycles. The van der Waals surface area contributed by atoms with E-state index in [1.54, 1.807) is 11.3 Å². The van der Waals surface area contributed by atoms with Gasteiger partial charge in [-0.15, -0.1) is 11.3 Å². The van der Waals surface area contributed by atoms with Gasteiger partial charge in [-0.1, -0.05) is 11.6 Å². The molecule has 5 heteroatoms. The van der Waals surface area contributed by atoms with Crippen molar-refractivity contribution >= 4 is 22.9 Å². The van der Waals surface area contributed by atoms with E-state index in [9.17, 15) is 0 Å². The molecule has 0 unspecified atom stereocenters. The highest BCUT2D eigenvalue weighted by Gasteiger charge is 2.05. The minimum Gasteiger partial charge on any atom is -0.444 e. The number of halogens is 1. The van der Waals surface area contributed by atoms with Gasteiger partial charge in [-0.2, -0.15) is 0 Å². The van der Waals surface area contributed by atoms with Crippen LogP contribution in [0.15, 0.2) is 15.9 Å². The molecule has 0 aliphatic heterocycles. The molecular weight excluding hydrogens is 244 g/mol. The van der Waals surface area contributed by atoms with E-state index in [2.05, 4.69) is 10.3 Å². The summed E-state index contributed by atoms with van der Waals surface area (Å²) in [4.78, 5) is 5.51. The smallest absolute Gasteiger partial charge is 0.208 e. The molecule has 0 amide bonds. The van der Waals surface area contributed by atoms with Crippen LogP contribution in [0.4, 0.5) is 0 Å². The van der Waals surface area contributed by atoms with Crippen LogP contribution in [0.3, 0.4) is 0 Å². The number of nitrogens with one attached hydrogen (secondary N) is 1. The highest BCUT2D eigenvalue weighted by molar-refractivity contribution is 7.10. The zero-order chi connectivity index (χ0) is 11.5. The van der Waals surface area contributed by atoms with Crippen LogP contribution >= 0.6 is 22.9 Å². The first-order chi connectivity index (χ1) is 7.65. The lowest BCUT2D eigenvalue weighted by atomic mass is 10.4. The molecule has 0 spiro atoms. The summed E-state index contributed by atoms with van der Waals surface area (Å²) in [6, 6.07) is 1.96. The topological polar surface area (TPSA) is 38.1 Å². The Hall–Kier alpha value is -0.840. The van der Waals surface area contributed by atoms with Crippen molar-refractivity contribution in [3.8, 4) is 0 Å². The fourth-order valence-electron chi connectivity index (χ4n) is 1.35. The second-order valence-corrected chi connectivity index (χ2v) is 5.02. The SMILES string of the molecule is Cc1nc(CNCc2cc(Cl)cs2)oc1C. The molecule has 16 heavy (non-hydrogen) atoms. The Morgan fingerprint density at radius 3 is 2.81 bits per heavy atom. The molecule has 1 N–H and O–H groups in total. The van der Waals surface area contributed by atoms with Gasteiger partial charge < -0.3 is 9.73 Å². The number of aromatic nitrogens is 1. The minimum atomic E-state index is 0.643. The Kier molecular flexibility index (Phi) is 3.63. The van der Waals surface area contributed by atoms with Crippen LogP contribution in [0.5, 0.6) is 0 Å². The van der Waals surface area contributed by atoms with Crippen LogP contribution in [-0.4, -0.2) is 4.98 Å². The monoisotopic (exact) mass is 256 g/mol. The van der Waals surface area contributed by atoms with E-state index in [-0.39, 0.29) is 0 Å². The largest absolute Gasteiger partial charge is 0.444 e. The molecule has 2 heterocycles. The van der Waals surface area contributed by atoms with E-state index < -0.39 is 0 Å². The number of rotatable bonds is 4. The van der Waals surface area contributed by atoms with Gasteiger partial charge in [-0.05, 0) is 19.9 Å². The molecule has 86 valence electrons. The van der Waals surface area contributed by atoms with Gasteiger partial charge in [0.05, 0.1) is 17.3 Å². The fourth-order valence-corrected chi connectivity index (χ4v) is 2.40. The normalized spacial score (nSPS) is 10.9. The Morgan fingerprint density at radius 1 is 1.44 bits per heavy atom. The van der Waals surface area contributed by atoms with E-state index in [0.717, 1.165) is 28.9 Å². The zero-order valence-electron chi connectivity index (χ0n) is 9.21.